The minimum Gasteiger partial charge on any atom is -0.457 e. The Morgan fingerprint density at radius 1 is 0.968 bits per heavy atom. The van der Waals surface area contributed by atoms with Gasteiger partial charge in [-0.25, -0.2) is 9.18 Å². The molecule has 2 N–H and O–H groups in total. The van der Waals surface area contributed by atoms with Gasteiger partial charge in [0.15, 0.2) is 0 Å². The van der Waals surface area contributed by atoms with Crippen molar-refractivity contribution in [1.82, 2.24) is 0 Å². The lowest BCUT2D eigenvalue weighted by Gasteiger charge is -2.13. The number of urea groups is 1. The van der Waals surface area contributed by atoms with Crippen LogP contribution in [0.15, 0.2) is 60.7 Å². The average Bonchev–Trinajstić information content (AvgIpc) is 2.71. The number of benzene rings is 3. The molecule has 0 aliphatic rings. The third-order valence-electron chi connectivity index (χ3n) is 3.93. The molecule has 0 radical (unpaired) electrons. The van der Waals surface area contributed by atoms with Crippen LogP contribution in [0, 0.1) is 17.1 Å². The van der Waals surface area contributed by atoms with Crippen LogP contribution in [0.25, 0.3) is 0 Å². The minimum atomic E-state index is -4.70. The zero-order chi connectivity index (χ0) is 22.6. The molecule has 3 aromatic carbocycles. The molecule has 0 saturated heterocycles. The van der Waals surface area contributed by atoms with Crippen molar-refractivity contribution in [2.24, 2.45) is 0 Å². The van der Waals surface area contributed by atoms with Crippen molar-refractivity contribution in [2.75, 3.05) is 10.6 Å². The number of rotatable bonds is 4. The van der Waals surface area contributed by atoms with Crippen LogP contribution < -0.4 is 15.4 Å². The predicted molar refractivity (Wildman–Crippen MR) is 107 cm³/mol. The third kappa shape index (κ3) is 5.65. The Morgan fingerprint density at radius 2 is 1.65 bits per heavy atom. The van der Waals surface area contributed by atoms with E-state index in [1.807, 2.05) is 6.07 Å². The van der Waals surface area contributed by atoms with Crippen LogP contribution in [-0.4, -0.2) is 6.03 Å². The van der Waals surface area contributed by atoms with Gasteiger partial charge in [0, 0.05) is 11.8 Å². The summed E-state index contributed by atoms with van der Waals surface area (Å²) in [5, 5.41) is 12.7. The second kappa shape index (κ2) is 8.93. The Balaban J connectivity index is 1.72. The lowest BCUT2D eigenvalue weighted by Crippen LogP contribution is -2.20. The molecule has 0 heterocycles. The van der Waals surface area contributed by atoms with Crippen LogP contribution in [0.2, 0.25) is 5.02 Å². The summed E-state index contributed by atoms with van der Waals surface area (Å²) in [6, 6.07) is 13.6. The van der Waals surface area contributed by atoms with Gasteiger partial charge in [0.1, 0.15) is 17.3 Å². The third-order valence-corrected chi connectivity index (χ3v) is 4.26. The highest BCUT2D eigenvalue weighted by atomic mass is 35.5. The van der Waals surface area contributed by atoms with Crippen molar-refractivity contribution < 1.29 is 27.1 Å². The van der Waals surface area contributed by atoms with E-state index in [-0.39, 0.29) is 17.1 Å². The Kier molecular flexibility index (Phi) is 6.32. The van der Waals surface area contributed by atoms with Gasteiger partial charge in [-0.1, -0.05) is 11.6 Å². The highest BCUT2D eigenvalue weighted by Crippen LogP contribution is 2.36. The number of halogens is 5. The van der Waals surface area contributed by atoms with Crippen molar-refractivity contribution in [3.05, 3.63) is 82.6 Å². The van der Waals surface area contributed by atoms with Crippen LogP contribution in [0.5, 0.6) is 11.5 Å². The molecule has 0 aliphatic heterocycles. The molecular formula is C21H12ClF4N3O2. The first-order chi connectivity index (χ1) is 14.7. The summed E-state index contributed by atoms with van der Waals surface area (Å²) >= 11 is 5.54. The second-order valence-corrected chi connectivity index (χ2v) is 6.56. The van der Waals surface area contributed by atoms with Gasteiger partial charge < -0.3 is 15.4 Å². The maximum absolute atomic E-state index is 14.1. The van der Waals surface area contributed by atoms with Crippen LogP contribution in [0.3, 0.4) is 0 Å². The van der Waals surface area contributed by atoms with Crippen molar-refractivity contribution >= 4 is 29.0 Å². The summed E-state index contributed by atoms with van der Waals surface area (Å²) in [7, 11) is 0. The number of alkyl halides is 3. The maximum atomic E-state index is 14.1. The molecule has 0 bridgehead atoms. The number of anilines is 2. The molecule has 10 heteroatoms. The molecule has 0 saturated carbocycles. The van der Waals surface area contributed by atoms with E-state index in [9.17, 15) is 22.4 Å². The summed E-state index contributed by atoms with van der Waals surface area (Å²) in [5.41, 5.74) is -1.12. The second-order valence-electron chi connectivity index (χ2n) is 6.15. The number of carbonyl (C=O) groups excluding carboxylic acids is 1. The zero-order valence-electron chi connectivity index (χ0n) is 15.4. The van der Waals surface area contributed by atoms with Crippen molar-refractivity contribution in [2.45, 2.75) is 6.18 Å². The molecule has 0 atom stereocenters. The molecule has 5 nitrogen and oxygen atoms in total. The van der Waals surface area contributed by atoms with Gasteiger partial charge in [-0.2, -0.15) is 18.4 Å². The highest BCUT2D eigenvalue weighted by molar-refractivity contribution is 6.31. The van der Waals surface area contributed by atoms with E-state index < -0.39 is 28.6 Å². The number of nitrogens with one attached hydrogen (secondary N) is 2. The van der Waals surface area contributed by atoms with Crippen LogP contribution in [0.4, 0.5) is 33.7 Å². The number of ether oxygens (including phenoxy) is 1. The molecule has 0 fully saturated rings. The summed E-state index contributed by atoms with van der Waals surface area (Å²) < 4.78 is 58.5. The minimum absolute atomic E-state index is 0.181. The number of amides is 2. The van der Waals surface area contributed by atoms with Gasteiger partial charge in [-0.15, -0.1) is 0 Å². The van der Waals surface area contributed by atoms with Crippen molar-refractivity contribution in [3.63, 3.8) is 0 Å². The van der Waals surface area contributed by atoms with Gasteiger partial charge >= 0.3 is 12.2 Å². The molecule has 0 aliphatic carbocycles. The number of carbonyl (C=O) groups is 1. The van der Waals surface area contributed by atoms with E-state index in [0.717, 1.165) is 12.1 Å². The fourth-order valence-electron chi connectivity index (χ4n) is 2.50. The molecule has 0 unspecified atom stereocenters. The van der Waals surface area contributed by atoms with Gasteiger partial charge in [-0.3, -0.25) is 0 Å². The van der Waals surface area contributed by atoms with Gasteiger partial charge in [-0.05, 0) is 54.6 Å². The Morgan fingerprint density at radius 3 is 2.29 bits per heavy atom. The lowest BCUT2D eigenvalue weighted by atomic mass is 10.2. The van der Waals surface area contributed by atoms with Gasteiger partial charge in [0.25, 0.3) is 0 Å². The smallest absolute Gasteiger partial charge is 0.417 e. The molecular weight excluding hydrogens is 438 g/mol. The Labute approximate surface area is 178 Å². The Bertz CT molecular complexity index is 1160. The average molecular weight is 450 g/mol. The Hall–Kier alpha value is -3.77. The lowest BCUT2D eigenvalue weighted by molar-refractivity contribution is -0.137. The maximum Gasteiger partial charge on any atom is 0.417 e. The van der Waals surface area contributed by atoms with E-state index in [4.69, 9.17) is 21.6 Å². The summed E-state index contributed by atoms with van der Waals surface area (Å²) in [5.74, 6) is -0.219. The first-order valence-corrected chi connectivity index (χ1v) is 8.96. The normalized spacial score (nSPS) is 10.8. The van der Waals surface area contributed by atoms with Gasteiger partial charge in [0.2, 0.25) is 0 Å². The van der Waals surface area contributed by atoms with E-state index in [0.29, 0.717) is 17.4 Å². The zero-order valence-corrected chi connectivity index (χ0v) is 16.2. The molecule has 0 spiro atoms. The van der Waals surface area contributed by atoms with Crippen LogP contribution in [0.1, 0.15) is 11.1 Å². The molecule has 3 aromatic rings. The fourth-order valence-corrected chi connectivity index (χ4v) is 2.73. The number of hydrogen-bond acceptors (Lipinski definition) is 3. The summed E-state index contributed by atoms with van der Waals surface area (Å²) in [6.45, 7) is 0. The van der Waals surface area contributed by atoms with Gasteiger partial charge in [0.05, 0.1) is 27.9 Å². The summed E-state index contributed by atoms with van der Waals surface area (Å²) in [4.78, 5) is 12.1. The predicted octanol–water partition coefficient (Wildman–Crippen LogP) is 6.81. The molecule has 0 aromatic heterocycles. The van der Waals surface area contributed by atoms with Crippen molar-refractivity contribution in [1.29, 1.82) is 5.26 Å². The highest BCUT2D eigenvalue weighted by Gasteiger charge is 2.33. The standard InChI is InChI=1S/C21H12ClF4N3O2/c22-17-7-3-13(9-16(17)21(24,25)26)28-20(30)29-19-10-15(6-8-18(19)23)31-14-4-1-12(11-27)2-5-14/h1-10H,(H2,28,29,30). The molecule has 2 amide bonds. The SMILES string of the molecule is N#Cc1ccc(Oc2ccc(F)c(NC(=O)Nc3ccc(Cl)c(C(F)(F)F)c3)c2)cc1. The number of nitriles is 1. The number of nitrogens with zero attached hydrogens (tertiary/aromatic N) is 1. The van der Waals surface area contributed by atoms with Crippen molar-refractivity contribution in [3.8, 4) is 17.6 Å². The quantitative estimate of drug-likeness (QED) is 0.430. The molecule has 158 valence electrons. The van der Waals surface area contributed by atoms with E-state index in [1.54, 1.807) is 12.1 Å². The number of hydrogen-bond donors (Lipinski definition) is 2. The van der Waals surface area contributed by atoms with E-state index in [2.05, 4.69) is 10.6 Å². The first-order valence-electron chi connectivity index (χ1n) is 8.58. The topological polar surface area (TPSA) is 74.1 Å². The molecule has 3 rings (SSSR count). The van der Waals surface area contributed by atoms with Crippen LogP contribution in [-0.2, 0) is 6.18 Å². The van der Waals surface area contributed by atoms with Crippen LogP contribution >= 0.6 is 11.6 Å². The first kappa shape index (κ1) is 21.9. The largest absolute Gasteiger partial charge is 0.457 e. The fraction of sp³-hybridized carbons (Fsp3) is 0.0476. The van der Waals surface area contributed by atoms with E-state index in [1.165, 1.54) is 30.3 Å². The van der Waals surface area contributed by atoms with E-state index >= 15 is 0 Å². The summed E-state index contributed by atoms with van der Waals surface area (Å²) in [6.07, 6.45) is -4.70. The molecule has 31 heavy (non-hydrogen) atoms. The monoisotopic (exact) mass is 449 g/mol.